The van der Waals surface area contributed by atoms with Crippen LogP contribution in [0.4, 0.5) is 0 Å². The average Bonchev–Trinajstić information content (AvgIpc) is 1.86. The van der Waals surface area contributed by atoms with Crippen molar-refractivity contribution < 1.29 is 18.6 Å². The minimum atomic E-state index is -1.96. The van der Waals surface area contributed by atoms with Crippen LogP contribution in [0.15, 0.2) is 12.7 Å². The molecular weight excluding hydrogens is 168 g/mol. The van der Waals surface area contributed by atoms with Crippen molar-refractivity contribution in [3.8, 4) is 0 Å². The van der Waals surface area contributed by atoms with E-state index in [0.717, 1.165) is 0 Å². The second-order valence-electron chi connectivity index (χ2n) is 1.97. The van der Waals surface area contributed by atoms with Gasteiger partial charge in [0.15, 0.2) is 11.1 Å². The summed E-state index contributed by atoms with van der Waals surface area (Å²) in [5.41, 5.74) is 0. The van der Waals surface area contributed by atoms with E-state index in [1.807, 2.05) is 0 Å². The molecule has 0 saturated heterocycles. The fraction of sp³-hybridized carbons (Fsp3) is 0.667. The summed E-state index contributed by atoms with van der Waals surface area (Å²) in [4.78, 5) is 0. The first-order valence-corrected chi connectivity index (χ1v) is 4.38. The van der Waals surface area contributed by atoms with Gasteiger partial charge in [0, 0.05) is 0 Å². The van der Waals surface area contributed by atoms with E-state index >= 15 is 0 Å². The van der Waals surface area contributed by atoms with Crippen molar-refractivity contribution in [3.05, 3.63) is 12.7 Å². The zero-order valence-electron chi connectivity index (χ0n) is 6.10. The molecule has 0 rings (SSSR count). The Morgan fingerprint density at radius 3 is 2.82 bits per heavy atom. The predicted molar refractivity (Wildman–Crippen MR) is 42.7 cm³/mol. The van der Waals surface area contributed by atoms with Gasteiger partial charge in [0.25, 0.3) is 0 Å². The second kappa shape index (κ2) is 6.48. The maximum Gasteiger partial charge on any atom is 0.155 e. The molecule has 5 heteroatoms. The van der Waals surface area contributed by atoms with Gasteiger partial charge in [-0.3, -0.25) is 0 Å². The normalized spacial score (nSPS) is 15.8. The van der Waals surface area contributed by atoms with Crippen LogP contribution in [0.5, 0.6) is 0 Å². The van der Waals surface area contributed by atoms with E-state index in [0.29, 0.717) is 6.61 Å². The molecule has 0 spiro atoms. The molecule has 0 fully saturated rings. The Hall–Kier alpha value is -0.230. The summed E-state index contributed by atoms with van der Waals surface area (Å²) in [5, 5.41) is 8.93. The fourth-order valence-electron chi connectivity index (χ4n) is 0.500. The fourth-order valence-corrected chi connectivity index (χ4v) is 0.925. The van der Waals surface area contributed by atoms with Gasteiger partial charge in [-0.1, -0.05) is 6.08 Å². The van der Waals surface area contributed by atoms with Gasteiger partial charge in [-0.05, 0) is 0 Å². The highest BCUT2D eigenvalue weighted by molar-refractivity contribution is 7.79. The van der Waals surface area contributed by atoms with Gasteiger partial charge in [-0.15, -0.1) is 6.58 Å². The minimum absolute atomic E-state index is 0.0678. The van der Waals surface area contributed by atoms with Crippen molar-refractivity contribution in [1.82, 2.24) is 0 Å². The Balaban J connectivity index is 3.28. The van der Waals surface area contributed by atoms with Crippen molar-refractivity contribution in [1.29, 1.82) is 0 Å². The van der Waals surface area contributed by atoms with Crippen LogP contribution in [0.1, 0.15) is 0 Å². The van der Waals surface area contributed by atoms with Crippen LogP contribution in [0.25, 0.3) is 0 Å². The van der Waals surface area contributed by atoms with Crippen molar-refractivity contribution in [3.63, 3.8) is 0 Å². The quantitative estimate of drug-likeness (QED) is 0.336. The number of aliphatic hydroxyl groups excluding tert-OH is 1. The van der Waals surface area contributed by atoms with Crippen molar-refractivity contribution >= 4 is 11.1 Å². The number of aliphatic hydroxyl groups is 1. The van der Waals surface area contributed by atoms with Crippen LogP contribution < -0.4 is 0 Å². The Morgan fingerprint density at radius 2 is 2.36 bits per heavy atom. The zero-order valence-corrected chi connectivity index (χ0v) is 6.92. The summed E-state index contributed by atoms with van der Waals surface area (Å²) < 4.78 is 23.3. The molecule has 0 heterocycles. The first kappa shape index (κ1) is 10.8. The zero-order chi connectivity index (χ0) is 8.69. The predicted octanol–water partition coefficient (Wildman–Crippen LogP) is -0.228. The molecule has 0 aromatic carbocycles. The summed E-state index contributed by atoms with van der Waals surface area (Å²) in [5.74, 6) is -0.170. The molecule has 2 N–H and O–H groups in total. The lowest BCUT2D eigenvalue weighted by Crippen LogP contribution is -2.22. The third kappa shape index (κ3) is 7.67. The molecule has 11 heavy (non-hydrogen) atoms. The van der Waals surface area contributed by atoms with Crippen LogP contribution >= 0.6 is 0 Å². The number of hydrogen-bond donors (Lipinski definition) is 2. The standard InChI is InChI=1S/C6H12O4S/c1-2-3-10-4-6(7)5-11(8)9/h2,6-7H,1,3-5H2,(H,8,9). The molecule has 4 nitrogen and oxygen atoms in total. The van der Waals surface area contributed by atoms with E-state index in [9.17, 15) is 4.21 Å². The first-order valence-electron chi connectivity index (χ1n) is 3.11. The van der Waals surface area contributed by atoms with Crippen LogP contribution in [-0.2, 0) is 15.8 Å². The Kier molecular flexibility index (Phi) is 6.34. The van der Waals surface area contributed by atoms with Crippen LogP contribution in [0, 0.1) is 0 Å². The third-order valence-corrected chi connectivity index (χ3v) is 1.55. The van der Waals surface area contributed by atoms with E-state index in [2.05, 4.69) is 6.58 Å². The maximum absolute atomic E-state index is 10.1. The van der Waals surface area contributed by atoms with Crippen molar-refractivity contribution in [2.24, 2.45) is 0 Å². The monoisotopic (exact) mass is 180 g/mol. The molecule has 0 aromatic rings. The smallest absolute Gasteiger partial charge is 0.155 e. The largest absolute Gasteiger partial charge is 0.390 e. The highest BCUT2D eigenvalue weighted by Crippen LogP contribution is 1.88. The van der Waals surface area contributed by atoms with Crippen LogP contribution in [0.3, 0.4) is 0 Å². The molecule has 0 aliphatic carbocycles. The van der Waals surface area contributed by atoms with Gasteiger partial charge in [-0.2, -0.15) is 0 Å². The molecule has 0 radical (unpaired) electrons. The number of hydrogen-bond acceptors (Lipinski definition) is 3. The number of ether oxygens (including phenoxy) is 1. The van der Waals surface area contributed by atoms with Gasteiger partial charge in [0.05, 0.1) is 25.1 Å². The lowest BCUT2D eigenvalue weighted by Gasteiger charge is -2.06. The first-order chi connectivity index (χ1) is 5.16. The van der Waals surface area contributed by atoms with Gasteiger partial charge in [0.1, 0.15) is 0 Å². The molecule has 2 unspecified atom stereocenters. The van der Waals surface area contributed by atoms with Gasteiger partial charge >= 0.3 is 0 Å². The van der Waals surface area contributed by atoms with Crippen LogP contribution in [-0.4, -0.2) is 38.9 Å². The van der Waals surface area contributed by atoms with Crippen LogP contribution in [0.2, 0.25) is 0 Å². The molecular formula is C6H12O4S. The summed E-state index contributed by atoms with van der Waals surface area (Å²) in [7, 11) is 0. The highest BCUT2D eigenvalue weighted by Gasteiger charge is 2.06. The Morgan fingerprint density at radius 1 is 1.73 bits per heavy atom. The van der Waals surface area contributed by atoms with E-state index in [1.165, 1.54) is 0 Å². The third-order valence-electron chi connectivity index (χ3n) is 0.881. The Labute approximate surface area is 68.2 Å². The molecule has 0 amide bonds. The lowest BCUT2D eigenvalue weighted by molar-refractivity contribution is 0.0614. The summed E-state index contributed by atoms with van der Waals surface area (Å²) in [6.07, 6.45) is 0.670. The Bertz CT molecular complexity index is 137. The highest BCUT2D eigenvalue weighted by atomic mass is 32.2. The molecule has 66 valence electrons. The van der Waals surface area contributed by atoms with Gasteiger partial charge in [0.2, 0.25) is 0 Å². The van der Waals surface area contributed by atoms with Gasteiger partial charge < -0.3 is 14.4 Å². The second-order valence-corrected chi connectivity index (χ2v) is 2.94. The van der Waals surface area contributed by atoms with Crippen molar-refractivity contribution in [2.45, 2.75) is 6.10 Å². The SMILES string of the molecule is C=CCOCC(O)CS(=O)O. The van der Waals surface area contributed by atoms with E-state index in [-0.39, 0.29) is 12.4 Å². The van der Waals surface area contributed by atoms with Crippen molar-refractivity contribution in [2.75, 3.05) is 19.0 Å². The number of rotatable bonds is 6. The molecule has 2 atom stereocenters. The van der Waals surface area contributed by atoms with E-state index in [1.54, 1.807) is 6.08 Å². The van der Waals surface area contributed by atoms with Gasteiger partial charge in [-0.25, -0.2) is 4.21 Å². The molecule has 0 aliphatic rings. The molecule has 0 saturated carbocycles. The molecule has 0 aromatic heterocycles. The minimum Gasteiger partial charge on any atom is -0.390 e. The van der Waals surface area contributed by atoms with E-state index in [4.69, 9.17) is 14.4 Å². The summed E-state index contributed by atoms with van der Waals surface area (Å²) >= 11 is -1.96. The topological polar surface area (TPSA) is 66.8 Å². The van der Waals surface area contributed by atoms with E-state index < -0.39 is 17.2 Å². The average molecular weight is 180 g/mol. The summed E-state index contributed by atoms with van der Waals surface area (Å²) in [6, 6.07) is 0. The lowest BCUT2D eigenvalue weighted by atomic mass is 10.4. The molecule has 0 aliphatic heterocycles. The molecule has 0 bridgehead atoms. The summed E-state index contributed by atoms with van der Waals surface area (Å²) in [6.45, 7) is 3.81. The maximum atomic E-state index is 10.1.